The molecule has 0 saturated heterocycles. The van der Waals surface area contributed by atoms with Crippen LogP contribution in [0.5, 0.6) is 0 Å². The van der Waals surface area contributed by atoms with Gasteiger partial charge in [0, 0.05) is 24.5 Å². The molecule has 0 aliphatic carbocycles. The lowest BCUT2D eigenvalue weighted by Crippen LogP contribution is -2.37. The van der Waals surface area contributed by atoms with E-state index in [-0.39, 0.29) is 11.1 Å². The minimum Gasteiger partial charge on any atom is -0.347 e. The molecule has 32 heavy (non-hydrogen) atoms. The molecule has 4 rings (SSSR count). The summed E-state index contributed by atoms with van der Waals surface area (Å²) in [5, 5.41) is 8.60. The van der Waals surface area contributed by atoms with Crippen LogP contribution in [0.4, 0.5) is 0 Å². The molecule has 0 fully saturated rings. The fraction of sp³-hybridized carbons (Fsp3) is 0.360. The first kappa shape index (κ1) is 25.3. The standard InChI is InChI=1S/C14H19ClN4O.C9H7N.C2H6/c1-2-3-4-5-10(13(15)16)14(20)19-7-6-11-12(8-19)18-9-17-11;1-2-6-9-8(4-1)5-3-7-10-9;1-2/h5,9,16H,2-4,6-8H2,1H3,(H,17,18);1-7H;1-2H3/b10-5+,16-13?;;. The van der Waals surface area contributed by atoms with Gasteiger partial charge >= 0.3 is 0 Å². The first-order valence-corrected chi connectivity index (χ1v) is 11.5. The Morgan fingerprint density at radius 1 is 1.22 bits per heavy atom. The fourth-order valence-electron chi connectivity index (χ4n) is 3.29. The van der Waals surface area contributed by atoms with Gasteiger partial charge in [-0.3, -0.25) is 15.2 Å². The van der Waals surface area contributed by atoms with Crippen molar-refractivity contribution in [2.45, 2.75) is 53.0 Å². The van der Waals surface area contributed by atoms with E-state index in [2.05, 4.69) is 34.0 Å². The molecule has 1 aromatic carbocycles. The summed E-state index contributed by atoms with van der Waals surface area (Å²) in [4.78, 5) is 25.6. The van der Waals surface area contributed by atoms with Crippen LogP contribution in [0.25, 0.3) is 10.9 Å². The fourth-order valence-corrected chi connectivity index (χ4v) is 3.45. The molecule has 2 N–H and O–H groups in total. The Morgan fingerprint density at radius 3 is 2.69 bits per heavy atom. The third-order valence-electron chi connectivity index (χ3n) is 4.95. The molecule has 0 spiro atoms. The van der Waals surface area contributed by atoms with Crippen LogP contribution in [0.2, 0.25) is 0 Å². The van der Waals surface area contributed by atoms with Crippen LogP contribution >= 0.6 is 11.6 Å². The van der Waals surface area contributed by atoms with E-state index in [0.717, 1.165) is 42.6 Å². The molecular weight excluding hydrogens is 422 g/mol. The minimum atomic E-state index is -0.179. The highest BCUT2D eigenvalue weighted by Gasteiger charge is 2.25. The molecular formula is C25H32ClN5O. The summed E-state index contributed by atoms with van der Waals surface area (Å²) in [7, 11) is 0. The quantitative estimate of drug-likeness (QED) is 0.287. The van der Waals surface area contributed by atoms with Crippen LogP contribution in [-0.4, -0.2) is 37.5 Å². The van der Waals surface area contributed by atoms with Gasteiger partial charge in [-0.2, -0.15) is 0 Å². The maximum atomic E-state index is 12.5. The van der Waals surface area contributed by atoms with Crippen LogP contribution in [0.3, 0.4) is 0 Å². The van der Waals surface area contributed by atoms with Crippen LogP contribution < -0.4 is 0 Å². The molecule has 170 valence electrons. The second-order valence-electron chi connectivity index (χ2n) is 7.07. The number of nitrogens with zero attached hydrogens (tertiary/aromatic N) is 3. The highest BCUT2D eigenvalue weighted by Crippen LogP contribution is 2.18. The Morgan fingerprint density at radius 2 is 1.97 bits per heavy atom. The molecule has 1 aliphatic heterocycles. The van der Waals surface area contributed by atoms with Crippen LogP contribution in [0.1, 0.15) is 51.4 Å². The van der Waals surface area contributed by atoms with E-state index < -0.39 is 0 Å². The van der Waals surface area contributed by atoms with Gasteiger partial charge in [0.1, 0.15) is 5.17 Å². The Labute approximate surface area is 195 Å². The predicted octanol–water partition coefficient (Wildman–Crippen LogP) is 5.89. The summed E-state index contributed by atoms with van der Waals surface area (Å²) in [6.45, 7) is 7.21. The molecule has 1 aliphatic rings. The number of benzene rings is 1. The topological polar surface area (TPSA) is 85.7 Å². The van der Waals surface area contributed by atoms with E-state index in [1.165, 1.54) is 5.39 Å². The zero-order valence-corrected chi connectivity index (χ0v) is 19.8. The number of pyridine rings is 1. The number of halogens is 1. The van der Waals surface area contributed by atoms with E-state index in [9.17, 15) is 4.79 Å². The van der Waals surface area contributed by atoms with Crippen molar-refractivity contribution in [3.8, 4) is 0 Å². The largest absolute Gasteiger partial charge is 0.347 e. The summed E-state index contributed by atoms with van der Waals surface area (Å²) < 4.78 is 0. The number of aromatic nitrogens is 3. The number of aromatic amines is 1. The summed E-state index contributed by atoms with van der Waals surface area (Å²) in [6.07, 6.45) is 8.80. The number of imidazole rings is 1. The average Bonchev–Trinajstić information content (AvgIpc) is 3.31. The van der Waals surface area contributed by atoms with E-state index in [0.29, 0.717) is 18.7 Å². The first-order chi connectivity index (χ1) is 15.6. The highest BCUT2D eigenvalue weighted by molar-refractivity contribution is 6.71. The zero-order valence-electron chi connectivity index (χ0n) is 19.1. The Bertz CT molecular complexity index is 978. The number of fused-ring (bicyclic) bond motifs is 2. The van der Waals surface area contributed by atoms with E-state index >= 15 is 0 Å². The van der Waals surface area contributed by atoms with Gasteiger partial charge in [-0.15, -0.1) is 0 Å². The number of hydrogen-bond acceptors (Lipinski definition) is 4. The van der Waals surface area contributed by atoms with Gasteiger partial charge in [-0.25, -0.2) is 4.98 Å². The second kappa shape index (κ2) is 13.4. The van der Waals surface area contributed by atoms with Crippen molar-refractivity contribution in [1.82, 2.24) is 19.9 Å². The van der Waals surface area contributed by atoms with Crippen molar-refractivity contribution in [2.75, 3.05) is 6.54 Å². The lowest BCUT2D eigenvalue weighted by atomic mass is 10.1. The van der Waals surface area contributed by atoms with Gasteiger partial charge in [0.15, 0.2) is 0 Å². The normalized spacial score (nSPS) is 12.8. The summed E-state index contributed by atoms with van der Waals surface area (Å²) in [5.74, 6) is -0.165. The van der Waals surface area contributed by atoms with Crippen LogP contribution in [-0.2, 0) is 17.8 Å². The maximum Gasteiger partial charge on any atom is 0.256 e. The van der Waals surface area contributed by atoms with Gasteiger partial charge in [0.05, 0.1) is 35.3 Å². The zero-order chi connectivity index (χ0) is 23.3. The molecule has 1 amide bonds. The molecule has 3 heterocycles. The lowest BCUT2D eigenvalue weighted by Gasteiger charge is -2.26. The number of para-hydroxylation sites is 1. The number of carbonyl (C=O) groups is 1. The number of unbranched alkanes of at least 4 members (excludes halogenated alkanes) is 2. The monoisotopic (exact) mass is 453 g/mol. The molecule has 0 unspecified atom stereocenters. The molecule has 0 radical (unpaired) electrons. The van der Waals surface area contributed by atoms with Crippen LogP contribution in [0, 0.1) is 5.41 Å². The van der Waals surface area contributed by atoms with Crippen molar-refractivity contribution in [3.05, 3.63) is 72.0 Å². The van der Waals surface area contributed by atoms with E-state index in [1.54, 1.807) is 17.3 Å². The van der Waals surface area contributed by atoms with Gasteiger partial charge in [0.2, 0.25) is 0 Å². The molecule has 0 atom stereocenters. The Hall–Kier alpha value is -2.99. The molecule has 2 aromatic heterocycles. The molecule has 7 heteroatoms. The second-order valence-corrected chi connectivity index (χ2v) is 7.45. The number of hydrogen-bond donors (Lipinski definition) is 2. The smallest absolute Gasteiger partial charge is 0.256 e. The molecule has 0 bridgehead atoms. The van der Waals surface area contributed by atoms with Crippen molar-refractivity contribution in [1.29, 1.82) is 5.41 Å². The van der Waals surface area contributed by atoms with Gasteiger partial charge in [-0.05, 0) is 18.6 Å². The van der Waals surface area contributed by atoms with Crippen molar-refractivity contribution in [3.63, 3.8) is 0 Å². The lowest BCUT2D eigenvalue weighted by molar-refractivity contribution is -0.127. The number of allylic oxidation sites excluding steroid dienone is 1. The summed E-state index contributed by atoms with van der Waals surface area (Å²) in [6, 6.07) is 12.1. The van der Waals surface area contributed by atoms with Crippen LogP contribution in [0.15, 0.2) is 60.6 Å². The van der Waals surface area contributed by atoms with Crippen molar-refractivity contribution < 1.29 is 4.79 Å². The summed E-state index contributed by atoms with van der Waals surface area (Å²) in [5.41, 5.74) is 3.36. The van der Waals surface area contributed by atoms with Gasteiger partial charge in [0.25, 0.3) is 5.91 Å². The maximum absolute atomic E-state index is 12.5. The number of amides is 1. The molecule has 6 nitrogen and oxygen atoms in total. The molecule has 3 aromatic rings. The third-order valence-corrected chi connectivity index (χ3v) is 5.15. The van der Waals surface area contributed by atoms with Gasteiger partial charge < -0.3 is 9.88 Å². The first-order valence-electron chi connectivity index (χ1n) is 11.1. The van der Waals surface area contributed by atoms with E-state index in [1.807, 2.05) is 44.3 Å². The number of nitrogens with one attached hydrogen (secondary N) is 2. The van der Waals surface area contributed by atoms with Crippen molar-refractivity contribution >= 4 is 33.6 Å². The van der Waals surface area contributed by atoms with Crippen molar-refractivity contribution in [2.24, 2.45) is 0 Å². The predicted molar refractivity (Wildman–Crippen MR) is 132 cm³/mol. The third kappa shape index (κ3) is 7.02. The van der Waals surface area contributed by atoms with E-state index in [4.69, 9.17) is 17.0 Å². The average molecular weight is 454 g/mol. The number of rotatable bonds is 5. The summed E-state index contributed by atoms with van der Waals surface area (Å²) >= 11 is 5.76. The minimum absolute atomic E-state index is 0.165. The number of carbonyl (C=O) groups excluding carboxylic acids is 1. The SMILES string of the molecule is CC.CCCC/C=C(\C(=N)Cl)C(=O)N1CCc2nc[nH]c2C1.c1ccc2ncccc2c1. The highest BCUT2D eigenvalue weighted by atomic mass is 35.5. The molecule has 0 saturated carbocycles. The van der Waals surface area contributed by atoms with Gasteiger partial charge in [-0.1, -0.05) is 75.6 Å². The number of H-pyrrole nitrogens is 1. The Kier molecular flexibility index (Phi) is 10.6. The Balaban J connectivity index is 0.000000251.